The molecule has 5 rings (SSSR count). The molecule has 3 unspecified atom stereocenters. The Kier molecular flexibility index (Phi) is 5.77. The molecule has 1 aliphatic carbocycles. The summed E-state index contributed by atoms with van der Waals surface area (Å²) in [6, 6.07) is 11.0. The van der Waals surface area contributed by atoms with Gasteiger partial charge in [-0.15, -0.1) is 0 Å². The van der Waals surface area contributed by atoms with E-state index in [9.17, 15) is 27.2 Å². The highest BCUT2D eigenvalue weighted by Crippen LogP contribution is 2.51. The van der Waals surface area contributed by atoms with Crippen LogP contribution in [0.3, 0.4) is 0 Å². The van der Waals surface area contributed by atoms with E-state index in [0.717, 1.165) is 11.1 Å². The standard InChI is InChI=1S/C25H22ClF4N3O3/c1-23(27,25(28,29)30)16-5-8-18-15(12-16)4-9-19-24(18,13-14-2-6-17(26)7-3-14)10-11-33(19)21(34)20-31-22(35)36-32-20/h2-3,5-8,12,19H,4,9-11,13H2,1H3,(H,31,32,35). The van der Waals surface area contributed by atoms with Gasteiger partial charge in [0.05, 0.1) is 0 Å². The van der Waals surface area contributed by atoms with Gasteiger partial charge in [0.1, 0.15) is 0 Å². The third-order valence-corrected chi connectivity index (χ3v) is 7.80. The smallest absolute Gasteiger partial charge is 0.332 e. The van der Waals surface area contributed by atoms with Crippen LogP contribution in [0.4, 0.5) is 17.6 Å². The van der Waals surface area contributed by atoms with Gasteiger partial charge in [-0.25, -0.2) is 9.18 Å². The quantitative estimate of drug-likeness (QED) is 0.482. The lowest BCUT2D eigenvalue weighted by Gasteiger charge is -2.44. The Balaban J connectivity index is 1.59. The van der Waals surface area contributed by atoms with Crippen LogP contribution in [0.15, 0.2) is 51.8 Å². The molecule has 6 nitrogen and oxygen atoms in total. The highest BCUT2D eigenvalue weighted by molar-refractivity contribution is 6.30. The minimum absolute atomic E-state index is 0.207. The summed E-state index contributed by atoms with van der Waals surface area (Å²) in [5.74, 6) is -1.54. The van der Waals surface area contributed by atoms with Crippen LogP contribution in [0, 0.1) is 0 Å². The summed E-state index contributed by atoms with van der Waals surface area (Å²) >= 11 is 6.05. The number of aromatic nitrogens is 2. The van der Waals surface area contributed by atoms with Crippen LogP contribution < -0.4 is 5.76 Å². The molecule has 0 spiro atoms. The number of aryl methyl sites for hydroxylation is 1. The number of hydrogen-bond donors (Lipinski definition) is 1. The van der Waals surface area contributed by atoms with Crippen LogP contribution in [0.25, 0.3) is 0 Å². The van der Waals surface area contributed by atoms with E-state index in [-0.39, 0.29) is 11.9 Å². The molecule has 1 amide bonds. The third-order valence-electron chi connectivity index (χ3n) is 7.55. The van der Waals surface area contributed by atoms with Gasteiger partial charge in [0.15, 0.2) is 0 Å². The summed E-state index contributed by atoms with van der Waals surface area (Å²) in [5.41, 5.74) is -2.20. The molecule has 1 N–H and O–H groups in total. The van der Waals surface area contributed by atoms with Gasteiger partial charge in [0.25, 0.3) is 5.91 Å². The number of H-pyrrole nitrogens is 1. The van der Waals surface area contributed by atoms with Crippen LogP contribution in [-0.2, 0) is 23.9 Å². The number of halogens is 5. The Hall–Kier alpha value is -3.14. The minimum atomic E-state index is -5.05. The summed E-state index contributed by atoms with van der Waals surface area (Å²) in [7, 11) is 0. The Bertz CT molecular complexity index is 1370. The third kappa shape index (κ3) is 3.91. The summed E-state index contributed by atoms with van der Waals surface area (Å²) in [6.07, 6.45) is -3.22. The molecule has 0 bridgehead atoms. The van der Waals surface area contributed by atoms with E-state index in [1.165, 1.54) is 12.1 Å². The summed E-state index contributed by atoms with van der Waals surface area (Å²) < 4.78 is 59.5. The van der Waals surface area contributed by atoms with Crippen LogP contribution in [-0.4, -0.2) is 39.7 Å². The van der Waals surface area contributed by atoms with E-state index in [1.807, 2.05) is 12.1 Å². The van der Waals surface area contributed by atoms with Gasteiger partial charge in [-0.05, 0) is 72.2 Å². The molecule has 2 aromatic carbocycles. The molecule has 0 saturated carbocycles. The zero-order valence-electron chi connectivity index (χ0n) is 19.2. The van der Waals surface area contributed by atoms with E-state index >= 15 is 0 Å². The Morgan fingerprint density at radius 3 is 2.58 bits per heavy atom. The predicted octanol–water partition coefficient (Wildman–Crippen LogP) is 5.10. The van der Waals surface area contributed by atoms with Crippen molar-refractivity contribution in [3.8, 4) is 0 Å². The van der Waals surface area contributed by atoms with Gasteiger partial charge in [-0.3, -0.25) is 14.3 Å². The lowest BCUT2D eigenvalue weighted by atomic mass is 9.63. The van der Waals surface area contributed by atoms with Crippen molar-refractivity contribution in [3.05, 3.63) is 86.1 Å². The molecular formula is C25H22ClF4N3O3. The van der Waals surface area contributed by atoms with Crippen molar-refractivity contribution in [1.29, 1.82) is 0 Å². The summed E-state index contributed by atoms with van der Waals surface area (Å²) in [4.78, 5) is 28.5. The fraction of sp³-hybridized carbons (Fsp3) is 0.400. The molecule has 1 aliphatic heterocycles. The topological polar surface area (TPSA) is 79.2 Å². The monoisotopic (exact) mass is 523 g/mol. The van der Waals surface area contributed by atoms with Crippen molar-refractivity contribution in [3.63, 3.8) is 0 Å². The molecule has 1 saturated heterocycles. The van der Waals surface area contributed by atoms with Crippen LogP contribution >= 0.6 is 11.6 Å². The van der Waals surface area contributed by atoms with E-state index in [1.54, 1.807) is 23.1 Å². The van der Waals surface area contributed by atoms with Crippen molar-refractivity contribution in [1.82, 2.24) is 15.0 Å². The molecule has 3 aromatic rings. The second-order valence-corrected chi connectivity index (χ2v) is 10.0. The lowest BCUT2D eigenvalue weighted by Crippen LogP contribution is -2.49. The molecule has 0 radical (unpaired) electrons. The molecule has 1 aromatic heterocycles. The number of aromatic amines is 1. The fourth-order valence-electron chi connectivity index (χ4n) is 5.69. The van der Waals surface area contributed by atoms with Gasteiger partial charge in [-0.1, -0.05) is 41.9 Å². The van der Waals surface area contributed by atoms with Gasteiger partial charge in [0.2, 0.25) is 11.5 Å². The number of hydrogen-bond acceptors (Lipinski definition) is 4. The highest BCUT2D eigenvalue weighted by atomic mass is 35.5. The molecular weight excluding hydrogens is 502 g/mol. The number of amides is 1. The number of likely N-dealkylation sites (tertiary alicyclic amines) is 1. The number of carbonyl (C=O) groups is 1. The van der Waals surface area contributed by atoms with Crippen LogP contribution in [0.2, 0.25) is 5.02 Å². The minimum Gasteiger partial charge on any atom is -0.332 e. The van der Waals surface area contributed by atoms with Crippen molar-refractivity contribution in [2.75, 3.05) is 6.54 Å². The average Bonchev–Trinajstić information content (AvgIpc) is 3.43. The summed E-state index contributed by atoms with van der Waals surface area (Å²) in [5, 5.41) is 4.09. The van der Waals surface area contributed by atoms with E-state index in [0.29, 0.717) is 49.7 Å². The molecule has 3 atom stereocenters. The maximum absolute atomic E-state index is 14.8. The average molecular weight is 524 g/mol. The lowest BCUT2D eigenvalue weighted by molar-refractivity contribution is -0.228. The number of fused-ring (bicyclic) bond motifs is 3. The molecule has 190 valence electrons. The van der Waals surface area contributed by atoms with Crippen molar-refractivity contribution >= 4 is 17.5 Å². The first-order chi connectivity index (χ1) is 16.9. The SMILES string of the molecule is CC(F)(c1ccc2c(c1)CCC1N(C(=O)c3noc(=O)[nH]3)CCC21Cc1ccc(Cl)cc1)C(F)(F)F. The first-order valence-electron chi connectivity index (χ1n) is 11.4. The Labute approximate surface area is 208 Å². The van der Waals surface area contributed by atoms with Crippen molar-refractivity contribution in [2.24, 2.45) is 0 Å². The Morgan fingerprint density at radius 1 is 1.22 bits per heavy atom. The number of nitrogens with zero attached hydrogens (tertiary/aromatic N) is 2. The van der Waals surface area contributed by atoms with Gasteiger partial charge in [0, 0.05) is 23.0 Å². The number of rotatable bonds is 4. The van der Waals surface area contributed by atoms with E-state index in [2.05, 4.69) is 14.7 Å². The zero-order valence-corrected chi connectivity index (χ0v) is 19.9. The molecule has 2 heterocycles. The second-order valence-electron chi connectivity index (χ2n) is 9.58. The second kappa shape index (κ2) is 8.47. The zero-order chi connectivity index (χ0) is 25.9. The summed E-state index contributed by atoms with van der Waals surface area (Å²) in [6.45, 7) is 0.870. The number of nitrogens with one attached hydrogen (secondary N) is 1. The number of alkyl halides is 4. The number of benzene rings is 2. The van der Waals surface area contributed by atoms with Gasteiger partial charge < -0.3 is 4.90 Å². The van der Waals surface area contributed by atoms with E-state index < -0.39 is 34.5 Å². The van der Waals surface area contributed by atoms with Crippen LogP contribution in [0.5, 0.6) is 0 Å². The van der Waals surface area contributed by atoms with Gasteiger partial charge >= 0.3 is 11.9 Å². The Morgan fingerprint density at radius 2 is 1.94 bits per heavy atom. The molecule has 1 fully saturated rings. The van der Waals surface area contributed by atoms with Gasteiger partial charge in [-0.2, -0.15) is 13.2 Å². The fourth-order valence-corrected chi connectivity index (χ4v) is 5.82. The van der Waals surface area contributed by atoms with Crippen molar-refractivity contribution < 1.29 is 26.9 Å². The number of carbonyl (C=O) groups excluding carboxylic acids is 1. The predicted molar refractivity (Wildman–Crippen MR) is 123 cm³/mol. The van der Waals surface area contributed by atoms with Crippen LogP contribution in [0.1, 0.15) is 52.6 Å². The molecule has 36 heavy (non-hydrogen) atoms. The van der Waals surface area contributed by atoms with E-state index in [4.69, 9.17) is 11.6 Å². The normalized spacial score (nSPS) is 23.2. The largest absolute Gasteiger partial charge is 0.439 e. The van der Waals surface area contributed by atoms with Crippen molar-refractivity contribution in [2.45, 2.75) is 55.9 Å². The molecule has 11 heteroatoms. The highest BCUT2D eigenvalue weighted by Gasteiger charge is 2.56. The first-order valence-corrected chi connectivity index (χ1v) is 11.8. The molecule has 2 aliphatic rings. The first kappa shape index (κ1) is 24.5. The maximum atomic E-state index is 14.8. The maximum Gasteiger partial charge on any atom is 0.439 e.